The molecule has 1 aromatic carbocycles. The van der Waals surface area contributed by atoms with Crippen molar-refractivity contribution in [2.45, 2.75) is 26.3 Å². The molecule has 19 heavy (non-hydrogen) atoms. The van der Waals surface area contributed by atoms with Crippen molar-refractivity contribution >= 4 is 0 Å². The normalized spacial score (nSPS) is 10.9. The van der Waals surface area contributed by atoms with Gasteiger partial charge in [-0.2, -0.15) is 4.98 Å². The molecule has 1 heterocycles. The summed E-state index contributed by atoms with van der Waals surface area (Å²) >= 11 is 0. The summed E-state index contributed by atoms with van der Waals surface area (Å²) in [6, 6.07) is 8.09. The molecule has 1 aromatic heterocycles. The molecule has 1 N–H and O–H groups in total. The first kappa shape index (κ1) is 13.5. The van der Waals surface area contributed by atoms with Crippen molar-refractivity contribution in [2.75, 3.05) is 13.7 Å². The zero-order valence-electron chi connectivity index (χ0n) is 11.5. The van der Waals surface area contributed by atoms with Crippen molar-refractivity contribution in [1.29, 1.82) is 0 Å². The van der Waals surface area contributed by atoms with Crippen LogP contribution in [-0.2, 0) is 6.42 Å². The van der Waals surface area contributed by atoms with Crippen molar-refractivity contribution in [3.05, 3.63) is 30.2 Å². The van der Waals surface area contributed by atoms with E-state index in [-0.39, 0.29) is 0 Å². The van der Waals surface area contributed by atoms with Crippen LogP contribution < -0.4 is 10.1 Å². The van der Waals surface area contributed by atoms with E-state index in [4.69, 9.17) is 9.26 Å². The van der Waals surface area contributed by atoms with Crippen molar-refractivity contribution in [2.24, 2.45) is 0 Å². The van der Waals surface area contributed by atoms with Gasteiger partial charge in [0.1, 0.15) is 5.75 Å². The minimum Gasteiger partial charge on any atom is -0.496 e. The lowest BCUT2D eigenvalue weighted by Crippen LogP contribution is -2.25. The molecule has 0 aliphatic rings. The average Bonchev–Trinajstić information content (AvgIpc) is 2.87. The second-order valence-electron chi connectivity index (χ2n) is 4.57. The highest BCUT2D eigenvalue weighted by atomic mass is 16.5. The van der Waals surface area contributed by atoms with Crippen LogP contribution in [0.3, 0.4) is 0 Å². The van der Waals surface area contributed by atoms with Crippen molar-refractivity contribution < 1.29 is 9.26 Å². The van der Waals surface area contributed by atoms with Crippen LogP contribution in [0.4, 0.5) is 0 Å². The number of hydrogen-bond donors (Lipinski definition) is 1. The standard InChI is InChI=1S/C14H19N3O2/c1-10(2)15-9-8-13-16-14(17-19-13)11-6-4-5-7-12(11)18-3/h4-7,10,15H,8-9H2,1-3H3. The number of nitrogens with zero attached hydrogens (tertiary/aromatic N) is 2. The van der Waals surface area contributed by atoms with E-state index in [1.165, 1.54) is 0 Å². The van der Waals surface area contributed by atoms with E-state index >= 15 is 0 Å². The highest BCUT2D eigenvalue weighted by molar-refractivity contribution is 5.63. The van der Waals surface area contributed by atoms with E-state index in [9.17, 15) is 0 Å². The number of nitrogens with one attached hydrogen (secondary N) is 1. The molecule has 2 aromatic rings. The van der Waals surface area contributed by atoms with Gasteiger partial charge in [0.05, 0.1) is 12.7 Å². The fourth-order valence-corrected chi connectivity index (χ4v) is 1.76. The number of rotatable bonds is 6. The van der Waals surface area contributed by atoms with Crippen LogP contribution in [0.5, 0.6) is 5.75 Å². The summed E-state index contributed by atoms with van der Waals surface area (Å²) in [7, 11) is 1.63. The molecule has 0 radical (unpaired) electrons. The van der Waals surface area contributed by atoms with Crippen LogP contribution in [0, 0.1) is 0 Å². The zero-order valence-corrected chi connectivity index (χ0v) is 11.5. The van der Waals surface area contributed by atoms with Gasteiger partial charge in [-0.25, -0.2) is 0 Å². The van der Waals surface area contributed by atoms with Gasteiger partial charge in [-0.05, 0) is 12.1 Å². The Morgan fingerprint density at radius 1 is 1.32 bits per heavy atom. The van der Waals surface area contributed by atoms with E-state index in [0.717, 1.165) is 24.3 Å². The first-order valence-corrected chi connectivity index (χ1v) is 6.40. The molecule has 0 spiro atoms. The molecule has 102 valence electrons. The Labute approximate surface area is 113 Å². The van der Waals surface area contributed by atoms with E-state index in [0.29, 0.717) is 17.8 Å². The zero-order chi connectivity index (χ0) is 13.7. The van der Waals surface area contributed by atoms with Crippen LogP contribution in [0.25, 0.3) is 11.4 Å². The third-order valence-electron chi connectivity index (χ3n) is 2.71. The summed E-state index contributed by atoms with van der Waals surface area (Å²) in [6.07, 6.45) is 0.723. The minimum atomic E-state index is 0.455. The average molecular weight is 261 g/mol. The predicted molar refractivity (Wildman–Crippen MR) is 73.1 cm³/mol. The summed E-state index contributed by atoms with van der Waals surface area (Å²) in [6.45, 7) is 5.04. The van der Waals surface area contributed by atoms with Crippen LogP contribution >= 0.6 is 0 Å². The van der Waals surface area contributed by atoms with Crippen molar-refractivity contribution in [3.8, 4) is 17.1 Å². The Kier molecular flexibility index (Phi) is 4.52. The first-order chi connectivity index (χ1) is 9.20. The van der Waals surface area contributed by atoms with E-state index in [1.54, 1.807) is 7.11 Å². The molecule has 0 fully saturated rings. The topological polar surface area (TPSA) is 60.2 Å². The summed E-state index contributed by atoms with van der Waals surface area (Å²) in [5.74, 6) is 1.95. The lowest BCUT2D eigenvalue weighted by atomic mass is 10.2. The maximum absolute atomic E-state index is 5.29. The summed E-state index contributed by atoms with van der Waals surface area (Å²) in [5, 5.41) is 7.31. The number of aromatic nitrogens is 2. The number of ether oxygens (including phenoxy) is 1. The monoisotopic (exact) mass is 261 g/mol. The minimum absolute atomic E-state index is 0.455. The van der Waals surface area contributed by atoms with Crippen LogP contribution in [0.1, 0.15) is 19.7 Å². The maximum Gasteiger partial charge on any atom is 0.228 e. The molecule has 0 unspecified atom stereocenters. The van der Waals surface area contributed by atoms with Gasteiger partial charge in [0.2, 0.25) is 11.7 Å². The Hall–Kier alpha value is -1.88. The largest absolute Gasteiger partial charge is 0.496 e. The third-order valence-corrected chi connectivity index (χ3v) is 2.71. The molecule has 5 heteroatoms. The highest BCUT2D eigenvalue weighted by Gasteiger charge is 2.12. The SMILES string of the molecule is COc1ccccc1-c1noc(CCNC(C)C)n1. The number of benzene rings is 1. The van der Waals surface area contributed by atoms with Gasteiger partial charge in [-0.3, -0.25) is 0 Å². The summed E-state index contributed by atoms with van der Waals surface area (Å²) < 4.78 is 10.5. The van der Waals surface area contributed by atoms with Crippen LogP contribution in [0.2, 0.25) is 0 Å². The molecule has 0 aliphatic carbocycles. The molecule has 0 saturated heterocycles. The van der Waals surface area contributed by atoms with Gasteiger partial charge >= 0.3 is 0 Å². The van der Waals surface area contributed by atoms with Crippen molar-refractivity contribution in [3.63, 3.8) is 0 Å². The molecule has 0 aliphatic heterocycles. The molecular weight excluding hydrogens is 242 g/mol. The Bertz CT molecular complexity index is 523. The fraction of sp³-hybridized carbons (Fsp3) is 0.429. The molecule has 0 saturated carbocycles. The highest BCUT2D eigenvalue weighted by Crippen LogP contribution is 2.26. The van der Waals surface area contributed by atoms with Crippen LogP contribution in [-0.4, -0.2) is 29.8 Å². The molecule has 0 amide bonds. The van der Waals surface area contributed by atoms with E-state index < -0.39 is 0 Å². The van der Waals surface area contributed by atoms with Gasteiger partial charge in [-0.15, -0.1) is 0 Å². The Balaban J connectivity index is 2.08. The summed E-state index contributed by atoms with van der Waals surface area (Å²) in [5.41, 5.74) is 0.844. The van der Waals surface area contributed by atoms with E-state index in [1.807, 2.05) is 24.3 Å². The lowest BCUT2D eigenvalue weighted by Gasteiger charge is -2.04. The van der Waals surface area contributed by atoms with Gasteiger partial charge in [-0.1, -0.05) is 31.1 Å². The smallest absolute Gasteiger partial charge is 0.228 e. The Morgan fingerprint density at radius 2 is 2.11 bits per heavy atom. The lowest BCUT2D eigenvalue weighted by molar-refractivity contribution is 0.374. The second-order valence-corrected chi connectivity index (χ2v) is 4.57. The molecule has 5 nitrogen and oxygen atoms in total. The maximum atomic E-state index is 5.29. The molecule has 2 rings (SSSR count). The van der Waals surface area contributed by atoms with Gasteiger partial charge in [0.25, 0.3) is 0 Å². The number of methoxy groups -OCH3 is 1. The molecule has 0 atom stereocenters. The van der Waals surface area contributed by atoms with Crippen LogP contribution in [0.15, 0.2) is 28.8 Å². The van der Waals surface area contributed by atoms with Gasteiger partial charge in [0.15, 0.2) is 0 Å². The molecule has 0 bridgehead atoms. The first-order valence-electron chi connectivity index (χ1n) is 6.40. The molecular formula is C14H19N3O2. The summed E-state index contributed by atoms with van der Waals surface area (Å²) in [4.78, 5) is 4.39. The van der Waals surface area contributed by atoms with Gasteiger partial charge in [0, 0.05) is 19.0 Å². The van der Waals surface area contributed by atoms with E-state index in [2.05, 4.69) is 29.3 Å². The van der Waals surface area contributed by atoms with Gasteiger partial charge < -0.3 is 14.6 Å². The predicted octanol–water partition coefficient (Wildman–Crippen LogP) is 2.29. The Morgan fingerprint density at radius 3 is 2.84 bits per heavy atom. The second kappa shape index (κ2) is 6.33. The third kappa shape index (κ3) is 3.54. The van der Waals surface area contributed by atoms with Crippen molar-refractivity contribution in [1.82, 2.24) is 15.5 Å². The quantitative estimate of drug-likeness (QED) is 0.864. The number of hydrogen-bond acceptors (Lipinski definition) is 5. The fourth-order valence-electron chi connectivity index (χ4n) is 1.76. The number of para-hydroxylation sites is 1.